The van der Waals surface area contributed by atoms with E-state index in [1.165, 1.54) is 12.1 Å². The highest BCUT2D eigenvalue weighted by Crippen LogP contribution is 2.42. The van der Waals surface area contributed by atoms with E-state index >= 15 is 0 Å². The Morgan fingerprint density at radius 2 is 1.78 bits per heavy atom. The van der Waals surface area contributed by atoms with Crippen molar-refractivity contribution in [2.24, 2.45) is 0 Å². The zero-order valence-corrected chi connectivity index (χ0v) is 16.1. The van der Waals surface area contributed by atoms with Crippen LogP contribution in [0.1, 0.15) is 44.6 Å². The van der Waals surface area contributed by atoms with Gasteiger partial charge in [0.1, 0.15) is 5.82 Å². The first-order valence-corrected chi connectivity index (χ1v) is 10.9. The number of hydrogen-bond acceptors (Lipinski definition) is 5. The van der Waals surface area contributed by atoms with E-state index in [-0.39, 0.29) is 17.3 Å². The number of hydrogen-bond donors (Lipinski definition) is 1. The highest BCUT2D eigenvalue weighted by atomic mass is 32.2. The van der Waals surface area contributed by atoms with Gasteiger partial charge >= 0.3 is 5.97 Å². The molecule has 2 fully saturated rings. The summed E-state index contributed by atoms with van der Waals surface area (Å²) < 4.78 is 41.8. The van der Waals surface area contributed by atoms with Crippen molar-refractivity contribution in [1.82, 2.24) is 5.32 Å². The van der Waals surface area contributed by atoms with E-state index in [2.05, 4.69) is 5.32 Å². The van der Waals surface area contributed by atoms with Gasteiger partial charge < -0.3 is 10.1 Å². The van der Waals surface area contributed by atoms with Crippen molar-refractivity contribution < 1.29 is 27.1 Å². The summed E-state index contributed by atoms with van der Waals surface area (Å²) in [6.45, 7) is 1.21. The van der Waals surface area contributed by atoms with Gasteiger partial charge in [-0.05, 0) is 43.9 Å². The van der Waals surface area contributed by atoms with Gasteiger partial charge in [0.05, 0.1) is 22.5 Å². The number of halogens is 1. The molecule has 1 aromatic carbocycles. The molecule has 0 radical (unpaired) electrons. The standard InChI is InChI=1S/C19H24FNO5S/c1-18(10-11-27(24,25)13-18)21-16(22)12-26-17(23)19(8-2-3-9-19)14-4-6-15(20)7-5-14/h4-7H,2-3,8-13H2,1H3,(H,21,22)/t18-/m1/s1. The van der Waals surface area contributed by atoms with Crippen LogP contribution in [0.2, 0.25) is 0 Å². The summed E-state index contributed by atoms with van der Waals surface area (Å²) in [4.78, 5) is 25.0. The van der Waals surface area contributed by atoms with Gasteiger partial charge in [-0.1, -0.05) is 25.0 Å². The van der Waals surface area contributed by atoms with Crippen LogP contribution in [-0.4, -0.2) is 43.9 Å². The topological polar surface area (TPSA) is 89.5 Å². The number of esters is 1. The predicted octanol–water partition coefficient (Wildman–Crippen LogP) is 1.87. The number of sulfone groups is 1. The van der Waals surface area contributed by atoms with E-state index in [9.17, 15) is 22.4 Å². The molecule has 1 aliphatic carbocycles. The van der Waals surface area contributed by atoms with Gasteiger partial charge in [0.15, 0.2) is 16.4 Å². The van der Waals surface area contributed by atoms with Crippen molar-refractivity contribution in [2.45, 2.75) is 50.0 Å². The van der Waals surface area contributed by atoms with Crippen LogP contribution in [0.5, 0.6) is 0 Å². The van der Waals surface area contributed by atoms with E-state index in [0.29, 0.717) is 24.8 Å². The number of ether oxygens (including phenoxy) is 1. The van der Waals surface area contributed by atoms with Crippen molar-refractivity contribution in [2.75, 3.05) is 18.1 Å². The minimum Gasteiger partial charge on any atom is -0.455 e. The molecule has 6 nitrogen and oxygen atoms in total. The maximum Gasteiger partial charge on any atom is 0.317 e. The summed E-state index contributed by atoms with van der Waals surface area (Å²) in [7, 11) is -3.15. The van der Waals surface area contributed by atoms with Crippen LogP contribution in [-0.2, 0) is 29.6 Å². The van der Waals surface area contributed by atoms with Crippen LogP contribution in [0.4, 0.5) is 4.39 Å². The maximum atomic E-state index is 13.2. The molecule has 1 N–H and O–H groups in total. The van der Waals surface area contributed by atoms with Gasteiger partial charge in [0, 0.05) is 0 Å². The fourth-order valence-corrected chi connectivity index (χ4v) is 6.20. The smallest absolute Gasteiger partial charge is 0.317 e. The Morgan fingerprint density at radius 1 is 1.15 bits per heavy atom. The number of carbonyl (C=O) groups excluding carboxylic acids is 2. The first kappa shape index (κ1) is 19.8. The first-order chi connectivity index (χ1) is 12.6. The second-order valence-electron chi connectivity index (χ2n) is 7.82. The number of amides is 1. The van der Waals surface area contributed by atoms with Crippen LogP contribution in [0.25, 0.3) is 0 Å². The second-order valence-corrected chi connectivity index (χ2v) is 10.0. The molecular formula is C19H24FNO5S. The van der Waals surface area contributed by atoms with Crippen molar-refractivity contribution in [1.29, 1.82) is 0 Å². The van der Waals surface area contributed by atoms with E-state index < -0.39 is 39.3 Å². The summed E-state index contributed by atoms with van der Waals surface area (Å²) in [5, 5.41) is 2.67. The Bertz CT molecular complexity index is 830. The SMILES string of the molecule is C[C@@]1(NC(=O)COC(=O)C2(c3ccc(F)cc3)CCCC2)CCS(=O)(=O)C1. The summed E-state index contributed by atoms with van der Waals surface area (Å²) in [5.74, 6) is -1.46. The van der Waals surface area contributed by atoms with Gasteiger partial charge in [-0.15, -0.1) is 0 Å². The average Bonchev–Trinajstić information content (AvgIpc) is 3.19. The third-order valence-electron chi connectivity index (χ3n) is 5.52. The molecule has 27 heavy (non-hydrogen) atoms. The van der Waals surface area contributed by atoms with E-state index in [1.54, 1.807) is 19.1 Å². The largest absolute Gasteiger partial charge is 0.455 e. The van der Waals surface area contributed by atoms with E-state index in [1.807, 2.05) is 0 Å². The zero-order chi connectivity index (χ0) is 19.7. The molecule has 0 spiro atoms. The molecule has 1 aromatic rings. The Labute approximate surface area is 158 Å². The molecule has 2 aliphatic rings. The molecule has 1 atom stereocenters. The van der Waals surface area contributed by atoms with Crippen LogP contribution in [0, 0.1) is 5.82 Å². The summed E-state index contributed by atoms with van der Waals surface area (Å²) >= 11 is 0. The molecule has 0 bridgehead atoms. The van der Waals surface area contributed by atoms with Crippen molar-refractivity contribution in [3.8, 4) is 0 Å². The van der Waals surface area contributed by atoms with Crippen LogP contribution in [0.3, 0.4) is 0 Å². The predicted molar refractivity (Wildman–Crippen MR) is 97.3 cm³/mol. The molecular weight excluding hydrogens is 373 g/mol. The quantitative estimate of drug-likeness (QED) is 0.766. The van der Waals surface area contributed by atoms with Gasteiger partial charge in [0.2, 0.25) is 0 Å². The molecule has 1 heterocycles. The number of benzene rings is 1. The van der Waals surface area contributed by atoms with Gasteiger partial charge in [-0.2, -0.15) is 0 Å². The number of nitrogens with one attached hydrogen (secondary N) is 1. The molecule has 1 aliphatic heterocycles. The lowest BCUT2D eigenvalue weighted by Gasteiger charge is -2.28. The lowest BCUT2D eigenvalue weighted by molar-refractivity contribution is -0.154. The Morgan fingerprint density at radius 3 is 2.33 bits per heavy atom. The Balaban J connectivity index is 1.63. The molecule has 1 amide bonds. The van der Waals surface area contributed by atoms with Crippen molar-refractivity contribution in [3.63, 3.8) is 0 Å². The number of rotatable bonds is 5. The normalized spacial score (nSPS) is 25.9. The van der Waals surface area contributed by atoms with E-state index in [0.717, 1.165) is 12.8 Å². The monoisotopic (exact) mass is 397 g/mol. The lowest BCUT2D eigenvalue weighted by atomic mass is 9.79. The van der Waals surface area contributed by atoms with Crippen molar-refractivity contribution >= 4 is 21.7 Å². The third kappa shape index (κ3) is 4.31. The molecule has 0 unspecified atom stereocenters. The molecule has 8 heteroatoms. The van der Waals surface area contributed by atoms with Crippen LogP contribution >= 0.6 is 0 Å². The Kier molecular flexibility index (Phi) is 5.29. The van der Waals surface area contributed by atoms with Gasteiger partial charge in [0.25, 0.3) is 5.91 Å². The van der Waals surface area contributed by atoms with Crippen LogP contribution in [0.15, 0.2) is 24.3 Å². The van der Waals surface area contributed by atoms with Gasteiger partial charge in [-0.3, -0.25) is 9.59 Å². The molecule has 0 aromatic heterocycles. The average molecular weight is 397 g/mol. The van der Waals surface area contributed by atoms with Crippen molar-refractivity contribution in [3.05, 3.63) is 35.6 Å². The fraction of sp³-hybridized carbons (Fsp3) is 0.579. The molecule has 1 saturated carbocycles. The minimum atomic E-state index is -3.15. The highest BCUT2D eigenvalue weighted by molar-refractivity contribution is 7.91. The summed E-state index contributed by atoms with van der Waals surface area (Å²) in [5.41, 5.74) is -0.987. The molecule has 1 saturated heterocycles. The van der Waals surface area contributed by atoms with Crippen LogP contribution < -0.4 is 5.32 Å². The maximum absolute atomic E-state index is 13.2. The van der Waals surface area contributed by atoms with Gasteiger partial charge in [-0.25, -0.2) is 12.8 Å². The summed E-state index contributed by atoms with van der Waals surface area (Å²) in [6.07, 6.45) is 3.24. The van der Waals surface area contributed by atoms with E-state index in [4.69, 9.17) is 4.74 Å². The third-order valence-corrected chi connectivity index (χ3v) is 7.43. The zero-order valence-electron chi connectivity index (χ0n) is 15.3. The number of carbonyl (C=O) groups is 2. The molecule has 3 rings (SSSR count). The second kappa shape index (κ2) is 7.22. The minimum absolute atomic E-state index is 0.0389. The lowest BCUT2D eigenvalue weighted by Crippen LogP contribution is -2.49. The first-order valence-electron chi connectivity index (χ1n) is 9.09. The highest BCUT2D eigenvalue weighted by Gasteiger charge is 2.45. The summed E-state index contributed by atoms with van der Waals surface area (Å²) in [6, 6.07) is 5.81. The molecule has 148 valence electrons. The Hall–Kier alpha value is -1.96. The fourth-order valence-electron chi connectivity index (χ4n) is 4.11.